The van der Waals surface area contributed by atoms with Gasteiger partial charge in [-0.25, -0.2) is 9.97 Å². The number of carbonyl (C=O) groups excluding carboxylic acids is 1. The largest absolute Gasteiger partial charge is 0.350 e. The Balaban J connectivity index is 1.35. The predicted octanol–water partition coefficient (Wildman–Crippen LogP) is 1.07. The number of anilines is 1. The van der Waals surface area contributed by atoms with Gasteiger partial charge in [0.25, 0.3) is 5.56 Å². The zero-order chi connectivity index (χ0) is 19.1. The molecule has 0 spiro atoms. The summed E-state index contributed by atoms with van der Waals surface area (Å²) in [4.78, 5) is 42.7. The topological polar surface area (TPSA) is 84.2 Å². The molecular weight excluding hydrogens is 356 g/mol. The van der Waals surface area contributed by atoms with E-state index in [0.29, 0.717) is 17.4 Å². The first kappa shape index (κ1) is 16.9. The third-order valence-corrected chi connectivity index (χ3v) is 5.78. The highest BCUT2D eigenvalue weighted by Crippen LogP contribution is 2.34. The lowest BCUT2D eigenvalue weighted by Crippen LogP contribution is -2.42. The number of likely N-dealkylation sites (tertiary alicyclic amines) is 1. The molecule has 0 aliphatic carbocycles. The van der Waals surface area contributed by atoms with Gasteiger partial charge in [-0.2, -0.15) is 0 Å². The van der Waals surface area contributed by atoms with Crippen LogP contribution in [-0.2, 0) is 11.3 Å². The van der Waals surface area contributed by atoms with E-state index in [1.54, 1.807) is 30.7 Å². The molecule has 0 unspecified atom stereocenters. The van der Waals surface area contributed by atoms with Crippen LogP contribution in [0.25, 0.3) is 10.9 Å². The highest BCUT2D eigenvalue weighted by atomic mass is 16.2. The van der Waals surface area contributed by atoms with Crippen molar-refractivity contribution in [3.63, 3.8) is 0 Å². The number of hydrogen-bond acceptors (Lipinski definition) is 6. The fourth-order valence-electron chi connectivity index (χ4n) is 4.48. The summed E-state index contributed by atoms with van der Waals surface area (Å²) in [7, 11) is 0. The summed E-state index contributed by atoms with van der Waals surface area (Å²) in [6.07, 6.45) is 8.40. The van der Waals surface area contributed by atoms with Crippen molar-refractivity contribution < 1.29 is 4.79 Å². The van der Waals surface area contributed by atoms with Crippen LogP contribution < -0.4 is 10.5 Å². The monoisotopic (exact) mass is 376 g/mol. The number of benzene rings is 1. The SMILES string of the molecule is O=C(Cn1cnc2ccccc2c1=O)N1CC[C@H]2[C@@H]1CCN2c1cnccn1. The molecule has 28 heavy (non-hydrogen) atoms. The maximum atomic E-state index is 13.0. The van der Waals surface area contributed by atoms with E-state index in [9.17, 15) is 9.59 Å². The quantitative estimate of drug-likeness (QED) is 0.680. The number of hydrogen-bond donors (Lipinski definition) is 0. The Labute approximate surface area is 161 Å². The fourth-order valence-corrected chi connectivity index (χ4v) is 4.48. The zero-order valence-corrected chi connectivity index (χ0v) is 15.3. The zero-order valence-electron chi connectivity index (χ0n) is 15.3. The molecule has 3 aromatic rings. The number of amides is 1. The second-order valence-corrected chi connectivity index (χ2v) is 7.25. The Morgan fingerprint density at radius 1 is 1.07 bits per heavy atom. The van der Waals surface area contributed by atoms with E-state index < -0.39 is 0 Å². The molecule has 2 aliphatic rings. The van der Waals surface area contributed by atoms with Crippen molar-refractivity contribution in [1.29, 1.82) is 0 Å². The van der Waals surface area contributed by atoms with Crippen LogP contribution in [0.1, 0.15) is 12.8 Å². The van der Waals surface area contributed by atoms with Gasteiger partial charge in [0.1, 0.15) is 12.4 Å². The van der Waals surface area contributed by atoms with Crippen LogP contribution in [0.4, 0.5) is 5.82 Å². The molecule has 0 bridgehead atoms. The van der Waals surface area contributed by atoms with Crippen LogP contribution in [0, 0.1) is 0 Å². The Bertz CT molecular complexity index is 1080. The fraction of sp³-hybridized carbons (Fsp3) is 0.350. The summed E-state index contributed by atoms with van der Waals surface area (Å²) in [5.74, 6) is 0.826. The molecule has 0 N–H and O–H groups in total. The predicted molar refractivity (Wildman–Crippen MR) is 104 cm³/mol. The Kier molecular flexibility index (Phi) is 4.03. The molecule has 1 amide bonds. The van der Waals surface area contributed by atoms with Gasteiger partial charge in [-0.3, -0.25) is 19.1 Å². The van der Waals surface area contributed by atoms with Gasteiger partial charge in [-0.05, 0) is 25.0 Å². The van der Waals surface area contributed by atoms with Crippen LogP contribution in [0.3, 0.4) is 0 Å². The van der Waals surface area contributed by atoms with Gasteiger partial charge in [-0.1, -0.05) is 12.1 Å². The highest BCUT2D eigenvalue weighted by Gasteiger charge is 2.44. The smallest absolute Gasteiger partial charge is 0.261 e. The minimum absolute atomic E-state index is 0.0189. The average Bonchev–Trinajstić information content (AvgIpc) is 3.33. The summed E-state index contributed by atoms with van der Waals surface area (Å²) < 4.78 is 1.41. The summed E-state index contributed by atoms with van der Waals surface area (Å²) in [5.41, 5.74) is 0.468. The average molecular weight is 376 g/mol. The number of aromatic nitrogens is 4. The normalized spacial score (nSPS) is 21.3. The second kappa shape index (κ2) is 6.70. The molecule has 8 nitrogen and oxygen atoms in total. The maximum Gasteiger partial charge on any atom is 0.261 e. The lowest BCUT2D eigenvalue weighted by Gasteiger charge is -2.26. The Morgan fingerprint density at radius 2 is 1.93 bits per heavy atom. The van der Waals surface area contributed by atoms with E-state index >= 15 is 0 Å². The molecule has 2 atom stereocenters. The van der Waals surface area contributed by atoms with Gasteiger partial charge in [0.05, 0.1) is 35.5 Å². The highest BCUT2D eigenvalue weighted by molar-refractivity contribution is 5.79. The van der Waals surface area contributed by atoms with Crippen LogP contribution >= 0.6 is 0 Å². The Hall–Kier alpha value is -3.29. The van der Waals surface area contributed by atoms with Crippen molar-refractivity contribution in [2.24, 2.45) is 0 Å². The summed E-state index contributed by atoms with van der Waals surface area (Å²) in [6.45, 7) is 1.57. The molecule has 2 saturated heterocycles. The van der Waals surface area contributed by atoms with E-state index in [4.69, 9.17) is 0 Å². The molecule has 8 heteroatoms. The van der Waals surface area contributed by atoms with Crippen molar-refractivity contribution in [2.45, 2.75) is 31.5 Å². The van der Waals surface area contributed by atoms with E-state index in [2.05, 4.69) is 19.9 Å². The molecule has 1 aromatic carbocycles. The van der Waals surface area contributed by atoms with Crippen molar-refractivity contribution in [2.75, 3.05) is 18.0 Å². The minimum atomic E-state index is -0.178. The first-order valence-corrected chi connectivity index (χ1v) is 9.49. The van der Waals surface area contributed by atoms with Crippen molar-refractivity contribution >= 4 is 22.6 Å². The molecule has 0 saturated carbocycles. The molecule has 4 heterocycles. The van der Waals surface area contributed by atoms with Crippen LogP contribution in [-0.4, -0.2) is 55.5 Å². The lowest BCUT2D eigenvalue weighted by molar-refractivity contribution is -0.132. The molecule has 2 aromatic heterocycles. The molecule has 2 fully saturated rings. The Morgan fingerprint density at radius 3 is 2.79 bits per heavy atom. The summed E-state index contributed by atoms with van der Waals surface area (Å²) >= 11 is 0. The molecule has 142 valence electrons. The first-order valence-electron chi connectivity index (χ1n) is 9.49. The molecule has 5 rings (SSSR count). The molecule has 2 aliphatic heterocycles. The number of para-hydroxylation sites is 1. The van der Waals surface area contributed by atoms with Gasteiger partial charge in [0, 0.05) is 25.5 Å². The minimum Gasteiger partial charge on any atom is -0.350 e. The summed E-state index contributed by atoms with van der Waals surface area (Å²) in [5, 5.41) is 0.534. The standard InChI is InChI=1S/C20H20N6O2/c27-19(12-24-13-23-15-4-2-1-3-14(15)20(24)28)26-10-6-16-17(26)5-9-25(16)18-11-21-7-8-22-18/h1-4,7-8,11,13,16-17H,5-6,9-10,12H2/t16-,17-/m0/s1. The van der Waals surface area contributed by atoms with E-state index in [1.807, 2.05) is 17.0 Å². The van der Waals surface area contributed by atoms with Crippen LogP contribution in [0.5, 0.6) is 0 Å². The van der Waals surface area contributed by atoms with Gasteiger partial charge >= 0.3 is 0 Å². The molecular formula is C20H20N6O2. The number of carbonyl (C=O) groups is 1. The van der Waals surface area contributed by atoms with Crippen molar-refractivity contribution in [3.05, 3.63) is 59.5 Å². The lowest BCUT2D eigenvalue weighted by atomic mass is 10.1. The maximum absolute atomic E-state index is 13.0. The van der Waals surface area contributed by atoms with Gasteiger partial charge in [-0.15, -0.1) is 0 Å². The van der Waals surface area contributed by atoms with Crippen molar-refractivity contribution in [3.8, 4) is 0 Å². The van der Waals surface area contributed by atoms with E-state index in [-0.39, 0.29) is 30.1 Å². The van der Waals surface area contributed by atoms with Gasteiger partial charge in [0.2, 0.25) is 5.91 Å². The number of fused-ring (bicyclic) bond motifs is 2. The number of rotatable bonds is 3. The van der Waals surface area contributed by atoms with Crippen LogP contribution in [0.15, 0.2) is 54.0 Å². The first-order chi connectivity index (χ1) is 13.7. The second-order valence-electron chi connectivity index (χ2n) is 7.25. The number of nitrogens with zero attached hydrogens (tertiary/aromatic N) is 6. The van der Waals surface area contributed by atoms with E-state index in [1.165, 1.54) is 10.9 Å². The van der Waals surface area contributed by atoms with Crippen LogP contribution in [0.2, 0.25) is 0 Å². The van der Waals surface area contributed by atoms with Gasteiger partial charge in [0.15, 0.2) is 0 Å². The summed E-state index contributed by atoms with van der Waals surface area (Å²) in [6, 6.07) is 7.60. The van der Waals surface area contributed by atoms with Gasteiger partial charge < -0.3 is 9.80 Å². The third-order valence-electron chi connectivity index (χ3n) is 5.78. The third kappa shape index (κ3) is 2.72. The van der Waals surface area contributed by atoms with Crippen molar-refractivity contribution in [1.82, 2.24) is 24.4 Å². The molecule has 0 radical (unpaired) electrons. The van der Waals surface area contributed by atoms with E-state index in [0.717, 1.165) is 25.2 Å².